The number of hydrogen-bond acceptors (Lipinski definition) is 5. The fourth-order valence-electron chi connectivity index (χ4n) is 1.67. The molecule has 106 valence electrons. The summed E-state index contributed by atoms with van der Waals surface area (Å²) in [5.74, 6) is 1.81. The molecule has 0 fully saturated rings. The van der Waals surface area contributed by atoms with Crippen LogP contribution in [0.25, 0.3) is 0 Å². The second-order valence-electron chi connectivity index (χ2n) is 5.16. The van der Waals surface area contributed by atoms with Gasteiger partial charge in [-0.15, -0.1) is 0 Å². The SMILES string of the molecule is CCCc1nc(N)cc(NCC(C)(C)C(=O)NC)n1. The van der Waals surface area contributed by atoms with E-state index in [0.717, 1.165) is 18.7 Å². The Balaban J connectivity index is 2.74. The molecule has 0 aromatic carbocycles. The van der Waals surface area contributed by atoms with Gasteiger partial charge in [0.1, 0.15) is 17.5 Å². The zero-order valence-corrected chi connectivity index (χ0v) is 12.1. The van der Waals surface area contributed by atoms with E-state index in [0.29, 0.717) is 18.2 Å². The van der Waals surface area contributed by atoms with Crippen LogP contribution in [0, 0.1) is 5.41 Å². The van der Waals surface area contributed by atoms with Crippen LogP contribution in [0.1, 0.15) is 33.0 Å². The van der Waals surface area contributed by atoms with Crippen LogP contribution in [0.5, 0.6) is 0 Å². The first-order valence-corrected chi connectivity index (χ1v) is 6.48. The van der Waals surface area contributed by atoms with Gasteiger partial charge in [-0.25, -0.2) is 9.97 Å². The summed E-state index contributed by atoms with van der Waals surface area (Å²) in [7, 11) is 1.63. The quantitative estimate of drug-likeness (QED) is 0.718. The fourth-order valence-corrected chi connectivity index (χ4v) is 1.67. The van der Waals surface area contributed by atoms with E-state index < -0.39 is 5.41 Å². The number of aryl methyl sites for hydroxylation is 1. The van der Waals surface area contributed by atoms with Crippen molar-refractivity contribution in [1.29, 1.82) is 0 Å². The molecule has 1 rings (SSSR count). The highest BCUT2D eigenvalue weighted by Crippen LogP contribution is 2.17. The molecule has 1 aromatic rings. The van der Waals surface area contributed by atoms with Gasteiger partial charge in [0.05, 0.1) is 5.41 Å². The third-order valence-corrected chi connectivity index (χ3v) is 2.82. The van der Waals surface area contributed by atoms with Gasteiger partial charge in [0.25, 0.3) is 0 Å². The van der Waals surface area contributed by atoms with Gasteiger partial charge in [0.2, 0.25) is 5.91 Å². The average molecular weight is 265 g/mol. The third-order valence-electron chi connectivity index (χ3n) is 2.82. The van der Waals surface area contributed by atoms with Crippen LogP contribution in [-0.2, 0) is 11.2 Å². The molecule has 1 heterocycles. The predicted octanol–water partition coefficient (Wildman–Crippen LogP) is 1.20. The number of rotatable bonds is 6. The number of aromatic nitrogens is 2. The van der Waals surface area contributed by atoms with Crippen molar-refractivity contribution in [2.24, 2.45) is 5.41 Å². The molecule has 4 N–H and O–H groups in total. The minimum Gasteiger partial charge on any atom is -0.384 e. The van der Waals surface area contributed by atoms with Crippen LogP contribution in [0.4, 0.5) is 11.6 Å². The van der Waals surface area contributed by atoms with E-state index in [9.17, 15) is 4.79 Å². The molecule has 0 radical (unpaired) electrons. The molecule has 0 unspecified atom stereocenters. The normalized spacial score (nSPS) is 11.2. The second-order valence-corrected chi connectivity index (χ2v) is 5.16. The van der Waals surface area contributed by atoms with Gasteiger partial charge in [0.15, 0.2) is 0 Å². The lowest BCUT2D eigenvalue weighted by molar-refractivity contribution is -0.128. The Morgan fingerprint density at radius 3 is 2.68 bits per heavy atom. The van der Waals surface area contributed by atoms with Crippen molar-refractivity contribution in [3.63, 3.8) is 0 Å². The zero-order valence-electron chi connectivity index (χ0n) is 12.1. The van der Waals surface area contributed by atoms with Crippen molar-refractivity contribution < 1.29 is 4.79 Å². The average Bonchev–Trinajstić information content (AvgIpc) is 2.35. The van der Waals surface area contributed by atoms with Crippen LogP contribution in [0.15, 0.2) is 6.07 Å². The summed E-state index contributed by atoms with van der Waals surface area (Å²) in [6, 6.07) is 1.68. The van der Waals surface area contributed by atoms with Crippen LogP contribution < -0.4 is 16.4 Å². The lowest BCUT2D eigenvalue weighted by Crippen LogP contribution is -2.39. The molecule has 0 aliphatic rings. The van der Waals surface area contributed by atoms with Crippen LogP contribution in [0.2, 0.25) is 0 Å². The van der Waals surface area contributed by atoms with Gasteiger partial charge >= 0.3 is 0 Å². The smallest absolute Gasteiger partial charge is 0.227 e. The van der Waals surface area contributed by atoms with Crippen molar-refractivity contribution in [2.45, 2.75) is 33.6 Å². The third kappa shape index (κ3) is 4.39. The number of nitrogens with one attached hydrogen (secondary N) is 2. The molecule has 0 saturated carbocycles. The number of nitrogens with two attached hydrogens (primary N) is 1. The van der Waals surface area contributed by atoms with Gasteiger partial charge in [0, 0.05) is 26.1 Å². The van der Waals surface area contributed by atoms with Crippen LogP contribution in [0.3, 0.4) is 0 Å². The molecule has 0 saturated heterocycles. The molecule has 0 aliphatic heterocycles. The molecule has 1 amide bonds. The molecule has 6 nitrogen and oxygen atoms in total. The van der Waals surface area contributed by atoms with Crippen molar-refractivity contribution in [3.05, 3.63) is 11.9 Å². The van der Waals surface area contributed by atoms with E-state index in [1.54, 1.807) is 13.1 Å². The Bertz CT molecular complexity index is 445. The van der Waals surface area contributed by atoms with Crippen LogP contribution in [-0.4, -0.2) is 29.5 Å². The van der Waals surface area contributed by atoms with E-state index in [2.05, 4.69) is 27.5 Å². The number of hydrogen-bond donors (Lipinski definition) is 3. The van der Waals surface area contributed by atoms with Crippen molar-refractivity contribution in [2.75, 3.05) is 24.6 Å². The first-order valence-electron chi connectivity index (χ1n) is 6.48. The summed E-state index contributed by atoms with van der Waals surface area (Å²) in [6.07, 6.45) is 1.76. The zero-order chi connectivity index (χ0) is 14.5. The summed E-state index contributed by atoms with van der Waals surface area (Å²) in [5, 5.41) is 5.80. The minimum absolute atomic E-state index is 0.0178. The number of nitrogens with zero attached hydrogens (tertiary/aromatic N) is 2. The largest absolute Gasteiger partial charge is 0.384 e. The Kier molecular flexibility index (Phi) is 5.09. The van der Waals surface area contributed by atoms with Crippen molar-refractivity contribution >= 4 is 17.5 Å². The van der Waals surface area contributed by atoms with Gasteiger partial charge in [-0.05, 0) is 20.3 Å². The highest BCUT2D eigenvalue weighted by Gasteiger charge is 2.26. The van der Waals surface area contributed by atoms with E-state index >= 15 is 0 Å². The molecule has 0 spiro atoms. The highest BCUT2D eigenvalue weighted by atomic mass is 16.2. The summed E-state index contributed by atoms with van der Waals surface area (Å²) < 4.78 is 0. The van der Waals surface area contributed by atoms with Gasteiger partial charge in [-0.1, -0.05) is 6.92 Å². The van der Waals surface area contributed by atoms with Gasteiger partial charge in [-0.2, -0.15) is 0 Å². The Morgan fingerprint density at radius 2 is 2.11 bits per heavy atom. The second kappa shape index (κ2) is 6.36. The molecule has 19 heavy (non-hydrogen) atoms. The number of anilines is 2. The summed E-state index contributed by atoms with van der Waals surface area (Å²) in [5.41, 5.74) is 5.23. The minimum atomic E-state index is -0.515. The Hall–Kier alpha value is -1.85. The molecule has 6 heteroatoms. The van der Waals surface area contributed by atoms with Gasteiger partial charge in [-0.3, -0.25) is 4.79 Å². The lowest BCUT2D eigenvalue weighted by Gasteiger charge is -2.23. The number of carbonyl (C=O) groups is 1. The molecular formula is C13H23N5O. The predicted molar refractivity (Wildman–Crippen MR) is 76.8 cm³/mol. The summed E-state index contributed by atoms with van der Waals surface area (Å²) >= 11 is 0. The van der Waals surface area contributed by atoms with Crippen molar-refractivity contribution in [1.82, 2.24) is 15.3 Å². The fraction of sp³-hybridized carbons (Fsp3) is 0.615. The first kappa shape index (κ1) is 15.2. The van der Waals surface area contributed by atoms with E-state index in [1.807, 2.05) is 13.8 Å². The highest BCUT2D eigenvalue weighted by molar-refractivity contribution is 5.82. The Morgan fingerprint density at radius 1 is 1.42 bits per heavy atom. The molecule has 0 atom stereocenters. The van der Waals surface area contributed by atoms with Crippen molar-refractivity contribution in [3.8, 4) is 0 Å². The molecule has 0 aliphatic carbocycles. The summed E-state index contributed by atoms with van der Waals surface area (Å²) in [6.45, 7) is 6.29. The lowest BCUT2D eigenvalue weighted by atomic mass is 9.92. The van der Waals surface area contributed by atoms with E-state index in [4.69, 9.17) is 5.73 Å². The molecule has 0 bridgehead atoms. The number of amides is 1. The number of carbonyl (C=O) groups excluding carboxylic acids is 1. The van der Waals surface area contributed by atoms with Crippen LogP contribution >= 0.6 is 0 Å². The topological polar surface area (TPSA) is 92.9 Å². The molecule has 1 aromatic heterocycles. The molecular weight excluding hydrogens is 242 g/mol. The van der Waals surface area contributed by atoms with Gasteiger partial charge < -0.3 is 16.4 Å². The number of nitrogen functional groups attached to an aromatic ring is 1. The van der Waals surface area contributed by atoms with E-state index in [-0.39, 0.29) is 5.91 Å². The summed E-state index contributed by atoms with van der Waals surface area (Å²) in [4.78, 5) is 20.2. The maximum Gasteiger partial charge on any atom is 0.227 e. The maximum absolute atomic E-state index is 11.7. The monoisotopic (exact) mass is 265 g/mol. The standard InChI is InChI=1S/C13H23N5O/c1-5-6-10-17-9(14)7-11(18-10)16-8-13(2,3)12(19)15-4/h7H,5-6,8H2,1-4H3,(H,15,19)(H3,14,16,17,18). The maximum atomic E-state index is 11.7. The van der Waals surface area contributed by atoms with E-state index in [1.165, 1.54) is 0 Å². The Labute approximate surface area is 114 Å². The first-order chi connectivity index (χ1) is 8.89.